The molecule has 0 aliphatic rings. The molecule has 0 fully saturated rings. The molecule has 0 aliphatic heterocycles. The third-order valence-electron chi connectivity index (χ3n) is 1.93. The van der Waals surface area contributed by atoms with Crippen molar-refractivity contribution in [2.24, 2.45) is 5.92 Å². The minimum Gasteiger partial charge on any atom is -0.233 e. The van der Waals surface area contributed by atoms with Crippen LogP contribution < -0.4 is 0 Å². The van der Waals surface area contributed by atoms with Crippen LogP contribution in [-0.2, 0) is 5.11 Å². The zero-order valence-corrected chi connectivity index (χ0v) is 11.3. The second-order valence-electron chi connectivity index (χ2n) is 2.91. The molecule has 0 aliphatic carbocycles. The summed E-state index contributed by atoms with van der Waals surface area (Å²) >= 11 is 4.70. The van der Waals surface area contributed by atoms with Gasteiger partial charge < -0.3 is 0 Å². The van der Waals surface area contributed by atoms with Crippen LogP contribution in [-0.4, -0.2) is 14.5 Å². The largest absolute Gasteiger partial charge is 0.233 e. The Labute approximate surface area is 96.6 Å². The quantitative estimate of drug-likeness (QED) is 0.514. The van der Waals surface area contributed by atoms with Gasteiger partial charge in [0.25, 0.3) is 0 Å². The molecule has 1 nitrogen and oxygen atoms in total. The summed E-state index contributed by atoms with van der Waals surface area (Å²) in [6.45, 7) is 4.13. The highest BCUT2D eigenvalue weighted by molar-refractivity contribution is 14.1. The SMILES string of the molecule is CCC(C)C([O])CC(I)CI. The summed E-state index contributed by atoms with van der Waals surface area (Å²) in [6.07, 6.45) is 1.49. The van der Waals surface area contributed by atoms with E-state index in [1.54, 1.807) is 0 Å². The molecule has 0 aromatic carbocycles. The van der Waals surface area contributed by atoms with Crippen LogP contribution in [0, 0.1) is 5.92 Å². The van der Waals surface area contributed by atoms with Crippen molar-refractivity contribution in [2.45, 2.75) is 36.7 Å². The molecule has 0 saturated heterocycles. The second-order valence-corrected chi connectivity index (χ2v) is 5.55. The van der Waals surface area contributed by atoms with Crippen LogP contribution in [0.3, 0.4) is 0 Å². The predicted octanol–water partition coefficient (Wildman–Crippen LogP) is 3.46. The van der Waals surface area contributed by atoms with Crippen molar-refractivity contribution >= 4 is 45.2 Å². The van der Waals surface area contributed by atoms with E-state index in [0.29, 0.717) is 9.84 Å². The average molecular weight is 381 g/mol. The highest BCUT2D eigenvalue weighted by Gasteiger charge is 2.17. The van der Waals surface area contributed by atoms with Gasteiger partial charge in [0.15, 0.2) is 0 Å². The Morgan fingerprint density at radius 1 is 1.45 bits per heavy atom. The fraction of sp³-hybridized carbons (Fsp3) is 1.00. The zero-order chi connectivity index (χ0) is 8.85. The zero-order valence-electron chi connectivity index (χ0n) is 7.02. The highest BCUT2D eigenvalue weighted by Crippen LogP contribution is 2.18. The van der Waals surface area contributed by atoms with E-state index in [-0.39, 0.29) is 6.10 Å². The third-order valence-corrected chi connectivity index (χ3v) is 5.63. The van der Waals surface area contributed by atoms with Crippen LogP contribution >= 0.6 is 45.2 Å². The predicted molar refractivity (Wildman–Crippen MR) is 65.2 cm³/mol. The summed E-state index contributed by atoms with van der Waals surface area (Å²) in [5.41, 5.74) is 0. The van der Waals surface area contributed by atoms with Crippen molar-refractivity contribution in [3.05, 3.63) is 0 Å². The summed E-state index contributed by atoms with van der Waals surface area (Å²) in [4.78, 5) is 0. The van der Waals surface area contributed by atoms with Gasteiger partial charge in [-0.05, 0) is 12.3 Å². The molecular weight excluding hydrogens is 366 g/mol. The molecule has 1 radical (unpaired) electrons. The van der Waals surface area contributed by atoms with Crippen LogP contribution in [0.4, 0.5) is 0 Å². The molecule has 3 unspecified atom stereocenters. The Hall–Kier alpha value is 1.42. The summed E-state index contributed by atoms with van der Waals surface area (Å²) < 4.78 is 1.65. The van der Waals surface area contributed by atoms with Crippen molar-refractivity contribution in [2.75, 3.05) is 4.43 Å². The van der Waals surface area contributed by atoms with Gasteiger partial charge in [-0.3, -0.25) is 0 Å². The lowest BCUT2D eigenvalue weighted by Gasteiger charge is -2.16. The van der Waals surface area contributed by atoms with Crippen molar-refractivity contribution in [1.82, 2.24) is 0 Å². The van der Waals surface area contributed by atoms with Crippen molar-refractivity contribution in [1.29, 1.82) is 0 Å². The lowest BCUT2D eigenvalue weighted by Crippen LogP contribution is -2.20. The molecule has 3 atom stereocenters. The maximum atomic E-state index is 11.4. The van der Waals surface area contributed by atoms with Crippen LogP contribution in [0.15, 0.2) is 0 Å². The molecular formula is C8H15I2O. The van der Waals surface area contributed by atoms with E-state index in [4.69, 9.17) is 0 Å². The van der Waals surface area contributed by atoms with Gasteiger partial charge in [0.1, 0.15) is 0 Å². The van der Waals surface area contributed by atoms with Gasteiger partial charge in [-0.2, -0.15) is 0 Å². The Morgan fingerprint density at radius 3 is 2.36 bits per heavy atom. The van der Waals surface area contributed by atoms with Crippen LogP contribution in [0.25, 0.3) is 0 Å². The lowest BCUT2D eigenvalue weighted by molar-refractivity contribution is 0.0366. The molecule has 0 rings (SSSR count). The van der Waals surface area contributed by atoms with Crippen LogP contribution in [0.5, 0.6) is 0 Å². The topological polar surface area (TPSA) is 19.9 Å². The number of halogens is 2. The maximum absolute atomic E-state index is 11.4. The van der Waals surface area contributed by atoms with Gasteiger partial charge >= 0.3 is 0 Å². The average Bonchev–Trinajstić information content (AvgIpc) is 2.02. The molecule has 0 heterocycles. The molecule has 0 N–H and O–H groups in total. The highest BCUT2D eigenvalue weighted by atomic mass is 127. The number of hydrogen-bond donors (Lipinski definition) is 0. The van der Waals surface area contributed by atoms with E-state index in [1.165, 1.54) is 0 Å². The van der Waals surface area contributed by atoms with Gasteiger partial charge in [-0.25, -0.2) is 5.11 Å². The van der Waals surface area contributed by atoms with Gasteiger partial charge in [0.2, 0.25) is 0 Å². The molecule has 0 aromatic rings. The fourth-order valence-electron chi connectivity index (χ4n) is 0.810. The van der Waals surface area contributed by atoms with Crippen LogP contribution in [0.1, 0.15) is 26.7 Å². The van der Waals surface area contributed by atoms with Crippen molar-refractivity contribution in [3.8, 4) is 0 Å². The normalized spacial score (nSPS) is 19.4. The first kappa shape index (κ1) is 12.4. The number of hydrogen-bond acceptors (Lipinski definition) is 0. The van der Waals surface area contributed by atoms with E-state index in [2.05, 4.69) is 52.1 Å². The minimum atomic E-state index is -0.350. The summed E-state index contributed by atoms with van der Waals surface area (Å²) in [7, 11) is 0. The van der Waals surface area contributed by atoms with Gasteiger partial charge in [0, 0.05) is 8.35 Å². The number of alkyl halides is 2. The fourth-order valence-corrected chi connectivity index (χ4v) is 1.67. The summed E-state index contributed by atoms with van der Waals surface area (Å²) in [6, 6.07) is 0. The van der Waals surface area contributed by atoms with Gasteiger partial charge in [-0.1, -0.05) is 65.5 Å². The molecule has 0 amide bonds. The maximum Gasteiger partial charge on any atom is 0.0965 e. The number of rotatable bonds is 5. The van der Waals surface area contributed by atoms with Gasteiger partial charge in [0.05, 0.1) is 6.10 Å². The first-order valence-electron chi connectivity index (χ1n) is 3.97. The summed E-state index contributed by atoms with van der Waals surface area (Å²) in [5, 5.41) is 11.4. The van der Waals surface area contributed by atoms with E-state index >= 15 is 0 Å². The Bertz CT molecular complexity index is 98.1. The molecule has 0 aromatic heterocycles. The van der Waals surface area contributed by atoms with Gasteiger partial charge in [-0.15, -0.1) is 0 Å². The standard InChI is InChI=1S/C8H15I2O/c1-3-6(2)8(11)4-7(10)5-9/h6-8H,3-5H2,1-2H3. The lowest BCUT2D eigenvalue weighted by atomic mass is 9.98. The van der Waals surface area contributed by atoms with E-state index in [0.717, 1.165) is 17.3 Å². The first-order chi connectivity index (χ1) is 5.11. The smallest absolute Gasteiger partial charge is 0.0965 e. The Kier molecular flexibility index (Phi) is 7.77. The van der Waals surface area contributed by atoms with E-state index in [9.17, 15) is 5.11 Å². The second kappa shape index (κ2) is 6.88. The Morgan fingerprint density at radius 2 is 2.00 bits per heavy atom. The van der Waals surface area contributed by atoms with Crippen molar-refractivity contribution in [3.63, 3.8) is 0 Å². The van der Waals surface area contributed by atoms with E-state index in [1.807, 2.05) is 6.92 Å². The minimum absolute atomic E-state index is 0.343. The molecule has 0 saturated carbocycles. The monoisotopic (exact) mass is 381 g/mol. The first-order valence-corrected chi connectivity index (χ1v) is 6.74. The Balaban J connectivity index is 3.58. The summed E-state index contributed by atoms with van der Waals surface area (Å²) in [5.74, 6) is 0.343. The molecule has 0 spiro atoms. The van der Waals surface area contributed by atoms with Crippen LogP contribution in [0.2, 0.25) is 0 Å². The van der Waals surface area contributed by atoms with E-state index < -0.39 is 0 Å². The molecule has 67 valence electrons. The molecule has 11 heavy (non-hydrogen) atoms. The third kappa shape index (κ3) is 5.63. The molecule has 0 bridgehead atoms. The molecule has 3 heteroatoms. The van der Waals surface area contributed by atoms with Crippen molar-refractivity contribution < 1.29 is 5.11 Å².